The van der Waals surface area contributed by atoms with Crippen molar-refractivity contribution < 1.29 is 4.79 Å². The van der Waals surface area contributed by atoms with Gasteiger partial charge in [0, 0.05) is 37.4 Å². The van der Waals surface area contributed by atoms with Crippen LogP contribution in [0, 0.1) is 13.8 Å². The fourth-order valence-corrected chi connectivity index (χ4v) is 3.14. The molecule has 0 N–H and O–H groups in total. The second-order valence-electron chi connectivity index (χ2n) is 6.27. The highest BCUT2D eigenvalue weighted by atomic mass is 16.1. The van der Waals surface area contributed by atoms with Crippen LogP contribution < -0.4 is 4.90 Å². The van der Waals surface area contributed by atoms with Gasteiger partial charge in [0.05, 0.1) is 6.54 Å². The number of anilines is 1. The third-order valence-electron chi connectivity index (χ3n) is 4.75. The summed E-state index contributed by atoms with van der Waals surface area (Å²) in [4.78, 5) is 17.0. The van der Waals surface area contributed by atoms with E-state index in [1.165, 1.54) is 16.8 Å². The van der Waals surface area contributed by atoms with Crippen molar-refractivity contribution in [2.24, 2.45) is 0 Å². The predicted molar refractivity (Wildman–Crippen MR) is 95.3 cm³/mol. The number of Topliss-reactive ketones (excluding diaryl/α,β-unsaturated/α-hetero) is 1. The molecule has 1 fully saturated rings. The molecule has 0 atom stereocenters. The Morgan fingerprint density at radius 2 is 1.61 bits per heavy atom. The Morgan fingerprint density at radius 3 is 2.30 bits per heavy atom. The van der Waals surface area contributed by atoms with E-state index in [1.807, 2.05) is 30.3 Å². The fraction of sp³-hybridized carbons (Fsp3) is 0.350. The van der Waals surface area contributed by atoms with Gasteiger partial charge in [-0.1, -0.05) is 42.5 Å². The number of rotatable bonds is 4. The number of hydrogen-bond acceptors (Lipinski definition) is 3. The van der Waals surface area contributed by atoms with Crippen molar-refractivity contribution in [1.29, 1.82) is 0 Å². The summed E-state index contributed by atoms with van der Waals surface area (Å²) < 4.78 is 0. The van der Waals surface area contributed by atoms with Crippen LogP contribution in [0.5, 0.6) is 0 Å². The molecule has 3 nitrogen and oxygen atoms in total. The van der Waals surface area contributed by atoms with Crippen molar-refractivity contribution in [1.82, 2.24) is 4.90 Å². The Kier molecular flexibility index (Phi) is 4.77. The van der Waals surface area contributed by atoms with Gasteiger partial charge in [-0.3, -0.25) is 9.69 Å². The summed E-state index contributed by atoms with van der Waals surface area (Å²) in [5.41, 5.74) is 4.84. The number of ketones is 1. The van der Waals surface area contributed by atoms with Crippen LogP contribution in [-0.4, -0.2) is 43.4 Å². The summed E-state index contributed by atoms with van der Waals surface area (Å²) in [5.74, 6) is 0.214. The monoisotopic (exact) mass is 308 g/mol. The first-order valence-corrected chi connectivity index (χ1v) is 8.27. The van der Waals surface area contributed by atoms with Crippen molar-refractivity contribution in [2.75, 3.05) is 37.6 Å². The van der Waals surface area contributed by atoms with Crippen molar-refractivity contribution in [3.05, 3.63) is 65.2 Å². The molecule has 0 spiro atoms. The average molecular weight is 308 g/mol. The summed E-state index contributed by atoms with van der Waals surface area (Å²) in [6, 6.07) is 16.1. The molecule has 0 saturated carbocycles. The van der Waals surface area contributed by atoms with Crippen LogP contribution in [0.2, 0.25) is 0 Å². The molecule has 0 aliphatic carbocycles. The first-order valence-electron chi connectivity index (χ1n) is 8.27. The first-order chi connectivity index (χ1) is 11.1. The predicted octanol–water partition coefficient (Wildman–Crippen LogP) is 3.31. The number of carbonyl (C=O) groups is 1. The highest BCUT2D eigenvalue weighted by Gasteiger charge is 2.20. The van der Waals surface area contributed by atoms with Gasteiger partial charge in [-0.25, -0.2) is 0 Å². The normalized spacial score (nSPS) is 15.7. The average Bonchev–Trinajstić information content (AvgIpc) is 2.59. The number of aryl methyl sites for hydroxylation is 1. The van der Waals surface area contributed by atoms with Gasteiger partial charge >= 0.3 is 0 Å². The lowest BCUT2D eigenvalue weighted by molar-refractivity contribution is 0.0926. The van der Waals surface area contributed by atoms with Gasteiger partial charge in [0.25, 0.3) is 0 Å². The van der Waals surface area contributed by atoms with Gasteiger partial charge in [-0.15, -0.1) is 0 Å². The second-order valence-corrected chi connectivity index (χ2v) is 6.27. The molecule has 120 valence electrons. The molecule has 1 aliphatic heterocycles. The van der Waals surface area contributed by atoms with Crippen LogP contribution in [0.3, 0.4) is 0 Å². The van der Waals surface area contributed by atoms with Crippen molar-refractivity contribution in [2.45, 2.75) is 13.8 Å². The SMILES string of the molecule is Cc1cccc(N2CCN(CC(=O)c3ccccc3)CC2)c1C. The summed E-state index contributed by atoms with van der Waals surface area (Å²) in [6.45, 7) is 8.70. The Hall–Kier alpha value is -2.13. The maximum atomic E-state index is 12.3. The van der Waals surface area contributed by atoms with Gasteiger partial charge in [-0.2, -0.15) is 0 Å². The molecule has 1 heterocycles. The maximum absolute atomic E-state index is 12.3. The molecule has 2 aromatic carbocycles. The van der Waals surface area contributed by atoms with Crippen molar-refractivity contribution in [3.63, 3.8) is 0 Å². The van der Waals surface area contributed by atoms with E-state index in [4.69, 9.17) is 0 Å². The summed E-state index contributed by atoms with van der Waals surface area (Å²) in [5, 5.41) is 0. The Morgan fingerprint density at radius 1 is 0.913 bits per heavy atom. The smallest absolute Gasteiger partial charge is 0.176 e. The molecule has 1 aliphatic rings. The van der Waals surface area contributed by atoms with Gasteiger partial charge in [0.2, 0.25) is 0 Å². The zero-order valence-electron chi connectivity index (χ0n) is 14.0. The Labute approximate surface area is 138 Å². The molecule has 3 heteroatoms. The lowest BCUT2D eigenvalue weighted by Crippen LogP contribution is -2.48. The molecule has 0 bridgehead atoms. The topological polar surface area (TPSA) is 23.6 Å². The largest absolute Gasteiger partial charge is 0.369 e. The Bertz CT molecular complexity index is 673. The molecule has 1 saturated heterocycles. The summed E-state index contributed by atoms with van der Waals surface area (Å²) >= 11 is 0. The molecule has 0 radical (unpaired) electrons. The van der Waals surface area contributed by atoms with Gasteiger partial charge in [0.15, 0.2) is 5.78 Å². The van der Waals surface area contributed by atoms with Gasteiger partial charge in [-0.05, 0) is 31.0 Å². The highest BCUT2D eigenvalue weighted by molar-refractivity contribution is 5.97. The maximum Gasteiger partial charge on any atom is 0.176 e. The number of carbonyl (C=O) groups excluding carboxylic acids is 1. The number of hydrogen-bond donors (Lipinski definition) is 0. The molecular formula is C20H24N2O. The zero-order chi connectivity index (χ0) is 16.2. The number of piperazine rings is 1. The fourth-order valence-electron chi connectivity index (χ4n) is 3.14. The quantitative estimate of drug-likeness (QED) is 0.810. The minimum atomic E-state index is 0.214. The second kappa shape index (κ2) is 6.97. The van der Waals surface area contributed by atoms with E-state index in [0.717, 1.165) is 31.7 Å². The molecule has 2 aromatic rings. The molecule has 0 aromatic heterocycles. The van der Waals surface area contributed by atoms with Gasteiger partial charge in [0.1, 0.15) is 0 Å². The van der Waals surface area contributed by atoms with E-state index in [0.29, 0.717) is 6.54 Å². The van der Waals surface area contributed by atoms with E-state index >= 15 is 0 Å². The standard InChI is InChI=1S/C20H24N2O/c1-16-7-6-10-19(17(16)2)22-13-11-21(12-14-22)15-20(23)18-8-4-3-5-9-18/h3-10H,11-15H2,1-2H3. The van der Waals surface area contributed by atoms with E-state index < -0.39 is 0 Å². The van der Waals surface area contributed by atoms with Crippen LogP contribution in [-0.2, 0) is 0 Å². The van der Waals surface area contributed by atoms with Crippen molar-refractivity contribution in [3.8, 4) is 0 Å². The van der Waals surface area contributed by atoms with E-state index in [1.54, 1.807) is 0 Å². The lowest BCUT2D eigenvalue weighted by Gasteiger charge is -2.36. The van der Waals surface area contributed by atoms with E-state index in [9.17, 15) is 4.79 Å². The third kappa shape index (κ3) is 3.62. The van der Waals surface area contributed by atoms with Crippen LogP contribution in [0.1, 0.15) is 21.5 Å². The number of nitrogens with zero attached hydrogens (tertiary/aromatic N) is 2. The van der Waals surface area contributed by atoms with Crippen LogP contribution in [0.15, 0.2) is 48.5 Å². The van der Waals surface area contributed by atoms with Crippen molar-refractivity contribution >= 4 is 11.5 Å². The van der Waals surface area contributed by atoms with E-state index in [-0.39, 0.29) is 5.78 Å². The summed E-state index contributed by atoms with van der Waals surface area (Å²) in [7, 11) is 0. The van der Waals surface area contributed by atoms with Crippen LogP contribution in [0.25, 0.3) is 0 Å². The van der Waals surface area contributed by atoms with Crippen LogP contribution >= 0.6 is 0 Å². The van der Waals surface area contributed by atoms with Gasteiger partial charge < -0.3 is 4.90 Å². The Balaban J connectivity index is 1.58. The van der Waals surface area contributed by atoms with E-state index in [2.05, 4.69) is 41.8 Å². The zero-order valence-corrected chi connectivity index (χ0v) is 14.0. The minimum Gasteiger partial charge on any atom is -0.369 e. The third-order valence-corrected chi connectivity index (χ3v) is 4.75. The minimum absolute atomic E-state index is 0.214. The molecule has 0 unspecified atom stereocenters. The van der Waals surface area contributed by atoms with Crippen LogP contribution in [0.4, 0.5) is 5.69 Å². The summed E-state index contributed by atoms with van der Waals surface area (Å²) in [6.07, 6.45) is 0. The molecule has 3 rings (SSSR count). The number of benzene rings is 2. The molecule has 23 heavy (non-hydrogen) atoms. The molecule has 0 amide bonds. The highest BCUT2D eigenvalue weighted by Crippen LogP contribution is 2.23. The molecular weight excluding hydrogens is 284 g/mol. The first kappa shape index (κ1) is 15.8. The lowest BCUT2D eigenvalue weighted by atomic mass is 10.1.